The van der Waals surface area contributed by atoms with E-state index in [9.17, 15) is 5.11 Å². The van der Waals surface area contributed by atoms with Crippen LogP contribution in [0, 0.1) is 0 Å². The first kappa shape index (κ1) is 25.2. The number of hydrogen-bond acceptors (Lipinski definition) is 3. The Labute approximate surface area is 214 Å². The molecule has 0 atom stereocenters. The second-order valence-corrected chi connectivity index (χ2v) is 10.3. The lowest BCUT2D eigenvalue weighted by atomic mass is 9.73. The molecular formula is C32H35N3O. The molecule has 0 aliphatic heterocycles. The zero-order valence-corrected chi connectivity index (χ0v) is 21.6. The van der Waals surface area contributed by atoms with E-state index in [0.29, 0.717) is 5.69 Å². The molecule has 1 heterocycles. The van der Waals surface area contributed by atoms with E-state index in [0.717, 1.165) is 40.6 Å². The number of phenols is 1. The topological polar surface area (TPSA) is 50.9 Å². The highest BCUT2D eigenvalue weighted by molar-refractivity contribution is 5.74. The molecule has 36 heavy (non-hydrogen) atoms. The van der Waals surface area contributed by atoms with Crippen LogP contribution in [0.25, 0.3) is 16.7 Å². The number of aromatic hydroxyl groups is 1. The summed E-state index contributed by atoms with van der Waals surface area (Å²) in [6.07, 6.45) is 12.0. The molecule has 0 radical (unpaired) electrons. The molecule has 4 aromatic rings. The summed E-state index contributed by atoms with van der Waals surface area (Å²) in [6, 6.07) is 22.2. The molecule has 0 spiro atoms. The third-order valence-electron chi connectivity index (χ3n) is 6.86. The number of benzene rings is 3. The van der Waals surface area contributed by atoms with Crippen molar-refractivity contribution in [3.05, 3.63) is 120 Å². The zero-order valence-electron chi connectivity index (χ0n) is 21.6. The zero-order chi connectivity index (χ0) is 25.8. The van der Waals surface area contributed by atoms with E-state index in [2.05, 4.69) is 87.0 Å². The smallest absolute Gasteiger partial charge is 0.147 e. The van der Waals surface area contributed by atoms with Crippen LogP contribution in [0.5, 0.6) is 5.75 Å². The average Bonchev–Trinajstić information content (AvgIpc) is 3.30. The Morgan fingerprint density at radius 1 is 0.833 bits per heavy atom. The van der Waals surface area contributed by atoms with Crippen molar-refractivity contribution in [3.8, 4) is 11.4 Å². The minimum atomic E-state index is -0.429. The van der Waals surface area contributed by atoms with E-state index in [-0.39, 0.29) is 11.2 Å². The molecule has 0 aliphatic carbocycles. The summed E-state index contributed by atoms with van der Waals surface area (Å²) < 4.78 is 0. The van der Waals surface area contributed by atoms with Gasteiger partial charge in [-0.2, -0.15) is 0 Å². The second kappa shape index (κ2) is 10.4. The van der Waals surface area contributed by atoms with Gasteiger partial charge in [0.15, 0.2) is 0 Å². The fraction of sp³-hybridized carbons (Fsp3) is 0.250. The molecule has 0 unspecified atom stereocenters. The van der Waals surface area contributed by atoms with Gasteiger partial charge in [-0.3, -0.25) is 0 Å². The fourth-order valence-corrected chi connectivity index (χ4v) is 4.43. The number of aromatic nitrogens is 3. The molecule has 0 aliphatic rings. The van der Waals surface area contributed by atoms with Crippen molar-refractivity contribution < 1.29 is 5.11 Å². The van der Waals surface area contributed by atoms with Crippen LogP contribution in [0.4, 0.5) is 0 Å². The number of rotatable bonds is 9. The maximum atomic E-state index is 11.6. The average molecular weight is 478 g/mol. The standard InChI is InChI=1S/C32H35N3O/c1-6-7-8-9-10-16-21-31(2,3)25-22-26(32(4,5)24-17-12-11-13-18-24)30(36)29(23-25)35-33-27-19-14-15-20-28(27)34-35/h6,8-20,22-23,36H,1,7,21H2,2-5H3. The Morgan fingerprint density at radius 2 is 1.44 bits per heavy atom. The number of phenolic OH excluding ortho intramolecular Hbond substituents is 1. The highest BCUT2D eigenvalue weighted by atomic mass is 16.3. The number of fused-ring (bicyclic) bond motifs is 1. The van der Waals surface area contributed by atoms with Gasteiger partial charge in [0.2, 0.25) is 0 Å². The molecule has 4 nitrogen and oxygen atoms in total. The lowest BCUT2D eigenvalue weighted by molar-refractivity contribution is 0.443. The van der Waals surface area contributed by atoms with Crippen LogP contribution in [0.15, 0.2) is 104 Å². The molecule has 1 aromatic heterocycles. The van der Waals surface area contributed by atoms with Crippen molar-refractivity contribution in [2.45, 2.75) is 51.4 Å². The SMILES string of the molecule is C=CCC=CC=CCC(C)(C)c1cc(-n2nc3ccccc3n2)c(O)c(C(C)(C)c2ccccc2)c1. The maximum Gasteiger partial charge on any atom is 0.147 e. The summed E-state index contributed by atoms with van der Waals surface area (Å²) in [6.45, 7) is 12.5. The monoisotopic (exact) mass is 477 g/mol. The van der Waals surface area contributed by atoms with E-state index in [1.54, 1.807) is 4.80 Å². The lowest BCUT2D eigenvalue weighted by Gasteiger charge is -2.31. The minimum Gasteiger partial charge on any atom is -0.505 e. The summed E-state index contributed by atoms with van der Waals surface area (Å²) in [5.41, 5.74) is 4.67. The number of nitrogens with zero attached hydrogens (tertiary/aromatic N) is 3. The highest BCUT2D eigenvalue weighted by Gasteiger charge is 2.31. The largest absolute Gasteiger partial charge is 0.505 e. The van der Waals surface area contributed by atoms with Crippen molar-refractivity contribution in [2.24, 2.45) is 0 Å². The van der Waals surface area contributed by atoms with E-state index in [1.165, 1.54) is 0 Å². The number of allylic oxidation sites excluding steroid dienone is 5. The molecule has 0 amide bonds. The first-order chi connectivity index (χ1) is 17.2. The summed E-state index contributed by atoms with van der Waals surface area (Å²) in [5, 5.41) is 21.0. The van der Waals surface area contributed by atoms with Gasteiger partial charge in [0.1, 0.15) is 22.5 Å². The summed E-state index contributed by atoms with van der Waals surface area (Å²) in [5.74, 6) is 0.201. The molecule has 4 heteroatoms. The molecule has 4 rings (SSSR count). The predicted octanol–water partition coefficient (Wildman–Crippen LogP) is 7.81. The van der Waals surface area contributed by atoms with E-state index in [1.807, 2.05) is 54.6 Å². The van der Waals surface area contributed by atoms with E-state index >= 15 is 0 Å². The maximum absolute atomic E-state index is 11.6. The van der Waals surface area contributed by atoms with Crippen molar-refractivity contribution in [2.75, 3.05) is 0 Å². The predicted molar refractivity (Wildman–Crippen MR) is 150 cm³/mol. The molecular weight excluding hydrogens is 442 g/mol. The van der Waals surface area contributed by atoms with Gasteiger partial charge in [-0.1, -0.05) is 107 Å². The Balaban J connectivity index is 1.84. The first-order valence-electron chi connectivity index (χ1n) is 12.4. The van der Waals surface area contributed by atoms with Crippen LogP contribution in [0.3, 0.4) is 0 Å². The minimum absolute atomic E-state index is 0.181. The van der Waals surface area contributed by atoms with Crippen LogP contribution >= 0.6 is 0 Å². The first-order valence-corrected chi connectivity index (χ1v) is 12.4. The van der Waals surface area contributed by atoms with Gasteiger partial charge >= 0.3 is 0 Å². The molecule has 0 saturated carbocycles. The molecule has 1 N–H and O–H groups in total. The van der Waals surface area contributed by atoms with Gasteiger partial charge < -0.3 is 5.11 Å². The lowest BCUT2D eigenvalue weighted by Crippen LogP contribution is -2.23. The van der Waals surface area contributed by atoms with Crippen LogP contribution < -0.4 is 0 Å². The van der Waals surface area contributed by atoms with Crippen molar-refractivity contribution in [1.29, 1.82) is 0 Å². The fourth-order valence-electron chi connectivity index (χ4n) is 4.43. The van der Waals surface area contributed by atoms with Crippen molar-refractivity contribution in [1.82, 2.24) is 15.0 Å². The van der Waals surface area contributed by atoms with Gasteiger partial charge in [0.05, 0.1) is 0 Å². The Kier molecular flexibility index (Phi) is 7.25. The van der Waals surface area contributed by atoms with E-state index < -0.39 is 5.41 Å². The highest BCUT2D eigenvalue weighted by Crippen LogP contribution is 2.43. The summed E-state index contributed by atoms with van der Waals surface area (Å²) in [4.78, 5) is 1.57. The van der Waals surface area contributed by atoms with Crippen LogP contribution in [0.2, 0.25) is 0 Å². The molecule has 0 fully saturated rings. The van der Waals surface area contributed by atoms with Crippen LogP contribution in [-0.4, -0.2) is 20.1 Å². The molecule has 3 aromatic carbocycles. The third-order valence-corrected chi connectivity index (χ3v) is 6.86. The summed E-state index contributed by atoms with van der Waals surface area (Å²) >= 11 is 0. The van der Waals surface area contributed by atoms with Gasteiger partial charge in [0, 0.05) is 11.0 Å². The van der Waals surface area contributed by atoms with Gasteiger partial charge in [-0.25, -0.2) is 0 Å². The van der Waals surface area contributed by atoms with E-state index in [4.69, 9.17) is 0 Å². The van der Waals surface area contributed by atoms with Crippen LogP contribution in [0.1, 0.15) is 57.2 Å². The van der Waals surface area contributed by atoms with Crippen molar-refractivity contribution in [3.63, 3.8) is 0 Å². The van der Waals surface area contributed by atoms with Gasteiger partial charge in [-0.05, 0) is 47.6 Å². The van der Waals surface area contributed by atoms with Gasteiger partial charge in [-0.15, -0.1) is 21.6 Å². The normalized spacial score (nSPS) is 12.7. The molecule has 0 saturated heterocycles. The number of hydrogen-bond donors (Lipinski definition) is 1. The molecule has 0 bridgehead atoms. The van der Waals surface area contributed by atoms with Crippen LogP contribution in [-0.2, 0) is 10.8 Å². The third kappa shape index (κ3) is 5.18. The summed E-state index contributed by atoms with van der Waals surface area (Å²) in [7, 11) is 0. The molecule has 184 valence electrons. The quantitative estimate of drug-likeness (QED) is 0.198. The Hall–Kier alpha value is -3.92. The Bertz CT molecular complexity index is 1380. The second-order valence-electron chi connectivity index (χ2n) is 10.3. The van der Waals surface area contributed by atoms with Crippen molar-refractivity contribution >= 4 is 11.0 Å². The van der Waals surface area contributed by atoms with Gasteiger partial charge in [0.25, 0.3) is 0 Å². The Morgan fingerprint density at radius 3 is 2.08 bits per heavy atom.